The quantitative estimate of drug-likeness (QED) is 0.245. The molecule has 3 aliphatic heterocycles. The summed E-state index contributed by atoms with van der Waals surface area (Å²) in [5, 5.41) is 19.7. The molecule has 0 saturated carbocycles. The van der Waals surface area contributed by atoms with Crippen LogP contribution in [0.3, 0.4) is 0 Å². The van der Waals surface area contributed by atoms with Crippen LogP contribution in [0.25, 0.3) is 4.91 Å². The van der Waals surface area contributed by atoms with Gasteiger partial charge in [-0.3, -0.25) is 19.4 Å². The molecule has 0 aromatic heterocycles. The zero-order chi connectivity index (χ0) is 33.5. The van der Waals surface area contributed by atoms with E-state index in [9.17, 15) is 28.6 Å². The summed E-state index contributed by atoms with van der Waals surface area (Å²) in [7, 11) is 0. The van der Waals surface area contributed by atoms with Gasteiger partial charge < -0.3 is 14.9 Å². The Labute approximate surface area is 277 Å². The summed E-state index contributed by atoms with van der Waals surface area (Å²) in [6.07, 6.45) is 11.7. The molecule has 7 nitrogen and oxygen atoms in total. The monoisotopic (exact) mass is 662 g/mol. The summed E-state index contributed by atoms with van der Waals surface area (Å²) in [4.78, 5) is 30.3. The van der Waals surface area contributed by atoms with Crippen molar-refractivity contribution >= 4 is 28.6 Å². The number of alkyl halides is 2. The minimum absolute atomic E-state index is 0.0251. The molecule has 2 saturated heterocycles. The van der Waals surface area contributed by atoms with Gasteiger partial charge in [-0.25, -0.2) is 0 Å². The van der Waals surface area contributed by atoms with Crippen LogP contribution in [0.4, 0.5) is 8.78 Å². The lowest BCUT2D eigenvalue weighted by Crippen LogP contribution is -2.53. The van der Waals surface area contributed by atoms with E-state index in [-0.39, 0.29) is 29.5 Å². The first-order valence-corrected chi connectivity index (χ1v) is 17.7. The largest absolute Gasteiger partial charge is 0.481 e. The van der Waals surface area contributed by atoms with Gasteiger partial charge in [-0.05, 0) is 97.9 Å². The summed E-state index contributed by atoms with van der Waals surface area (Å²) in [6, 6.07) is 5.54. The van der Waals surface area contributed by atoms with Crippen LogP contribution in [-0.4, -0.2) is 77.8 Å². The predicted molar refractivity (Wildman–Crippen MR) is 180 cm³/mol. The summed E-state index contributed by atoms with van der Waals surface area (Å²) in [5.74, 6) is -0.981. The number of carbonyl (C=O) groups is 2. The number of rotatable bonds is 11. The molecule has 0 bridgehead atoms. The number of hydrogen-bond acceptors (Lipinski definition) is 6. The predicted octanol–water partition coefficient (Wildman–Crippen LogP) is 8.32. The zero-order valence-corrected chi connectivity index (χ0v) is 28.7. The lowest BCUT2D eigenvalue weighted by atomic mass is 9.65. The third-order valence-corrected chi connectivity index (χ3v) is 11.1. The van der Waals surface area contributed by atoms with Gasteiger partial charge in [0.1, 0.15) is 5.75 Å². The topological polar surface area (TPSA) is 90.3 Å². The Morgan fingerprint density at radius 3 is 2.52 bits per heavy atom. The van der Waals surface area contributed by atoms with E-state index in [0.717, 1.165) is 73.4 Å². The maximum atomic E-state index is 13.6. The molecule has 0 spiro atoms. The smallest absolute Gasteiger partial charge is 0.387 e. The average molecular weight is 663 g/mol. The van der Waals surface area contributed by atoms with Gasteiger partial charge in [0, 0.05) is 30.1 Å². The van der Waals surface area contributed by atoms with Crippen molar-refractivity contribution in [3.8, 4) is 5.75 Å². The van der Waals surface area contributed by atoms with Crippen LogP contribution in [0.15, 0.2) is 35.3 Å². The van der Waals surface area contributed by atoms with Gasteiger partial charge in [0.05, 0.1) is 12.0 Å². The van der Waals surface area contributed by atoms with E-state index in [4.69, 9.17) is 4.74 Å². The van der Waals surface area contributed by atoms with Crippen LogP contribution in [0.5, 0.6) is 5.75 Å². The van der Waals surface area contributed by atoms with Gasteiger partial charge in [-0.15, -0.1) is 0 Å². The second-order valence-corrected chi connectivity index (χ2v) is 15.6. The number of likely N-dealkylation sites (tertiary alicyclic amines) is 2. The Balaban J connectivity index is 1.59. The van der Waals surface area contributed by atoms with Gasteiger partial charge in [0.15, 0.2) is 0 Å². The fourth-order valence-electron chi connectivity index (χ4n) is 7.39. The second-order valence-electron chi connectivity index (χ2n) is 14.5. The van der Waals surface area contributed by atoms with Gasteiger partial charge in [-0.2, -0.15) is 8.78 Å². The molecule has 2 N–H and O–H groups in total. The van der Waals surface area contributed by atoms with Crippen LogP contribution in [0.2, 0.25) is 0 Å². The second kappa shape index (κ2) is 16.1. The van der Waals surface area contributed by atoms with Gasteiger partial charge in [0.2, 0.25) is 0 Å². The van der Waals surface area contributed by atoms with E-state index in [1.54, 1.807) is 17.8 Å². The number of ether oxygens (including phenoxy) is 1. The molecule has 256 valence electrons. The van der Waals surface area contributed by atoms with E-state index < -0.39 is 24.0 Å². The fraction of sp³-hybridized carbons (Fsp3) is 0.667. The van der Waals surface area contributed by atoms with E-state index in [2.05, 4.69) is 37.8 Å². The zero-order valence-electron chi connectivity index (χ0n) is 27.9. The van der Waals surface area contributed by atoms with Crippen molar-refractivity contribution in [2.75, 3.05) is 39.3 Å². The number of hydrogen-bond donors (Lipinski definition) is 2. The number of benzene rings is 1. The lowest BCUT2D eigenvalue weighted by molar-refractivity contribution is -0.156. The van der Waals surface area contributed by atoms with Crippen molar-refractivity contribution in [2.45, 2.75) is 98.0 Å². The third kappa shape index (κ3) is 9.80. The number of nitrogens with zero attached hydrogens (tertiary/aromatic N) is 2. The Morgan fingerprint density at radius 2 is 1.85 bits per heavy atom. The number of halogens is 2. The minimum atomic E-state index is -2.95. The summed E-state index contributed by atoms with van der Waals surface area (Å²) in [5.41, 5.74) is 0.883. The summed E-state index contributed by atoms with van der Waals surface area (Å²) >= 11 is 1.58. The van der Waals surface area contributed by atoms with Crippen molar-refractivity contribution in [1.82, 2.24) is 9.80 Å². The number of carboxylic acid groups (broad SMARTS) is 2. The Hall–Kier alpha value is -2.43. The highest BCUT2D eigenvalue weighted by atomic mass is 32.2. The molecule has 0 amide bonds. The number of piperidine rings is 1. The van der Waals surface area contributed by atoms with Crippen molar-refractivity contribution in [1.29, 1.82) is 0 Å². The number of thioether (sulfide) groups is 1. The number of carboxylic acids is 2. The molecule has 4 rings (SSSR count). The molecule has 1 aromatic rings. The number of aliphatic carboxylic acids is 2. The molecule has 10 heteroatoms. The SMILES string of the molecule is CCC[C@@]1(C(=O)O)C[C@@H](C(C)(C)C)CN(CC2=CCCC=C(c3cc(C4CCCCN(CC(=O)O)CC4)ccc3OC(F)F)S2)C1. The van der Waals surface area contributed by atoms with Crippen LogP contribution in [0, 0.1) is 16.7 Å². The Bertz CT molecular complexity index is 1280. The first kappa shape index (κ1) is 36.4. The molecule has 46 heavy (non-hydrogen) atoms. The van der Waals surface area contributed by atoms with Gasteiger partial charge in [0.25, 0.3) is 0 Å². The molecule has 1 aromatic carbocycles. The highest BCUT2D eigenvalue weighted by molar-refractivity contribution is 8.11. The highest BCUT2D eigenvalue weighted by Gasteiger charge is 2.47. The maximum Gasteiger partial charge on any atom is 0.387 e. The van der Waals surface area contributed by atoms with E-state index in [1.807, 2.05) is 24.0 Å². The molecular weight excluding hydrogens is 610 g/mol. The van der Waals surface area contributed by atoms with E-state index >= 15 is 0 Å². The first-order chi connectivity index (χ1) is 21.8. The van der Waals surface area contributed by atoms with Crippen molar-refractivity contribution < 1.29 is 33.3 Å². The highest BCUT2D eigenvalue weighted by Crippen LogP contribution is 2.47. The summed E-state index contributed by atoms with van der Waals surface area (Å²) < 4.78 is 32.2. The molecule has 0 radical (unpaired) electrons. The van der Waals surface area contributed by atoms with Crippen molar-refractivity contribution in [3.63, 3.8) is 0 Å². The van der Waals surface area contributed by atoms with Crippen LogP contribution in [0.1, 0.15) is 103 Å². The molecule has 0 aliphatic carbocycles. The molecule has 2 fully saturated rings. The van der Waals surface area contributed by atoms with Crippen LogP contribution < -0.4 is 4.74 Å². The number of allylic oxidation sites excluding steroid dienone is 2. The standard InChI is InChI=1S/C36H52F2N2O5S/c1-5-16-36(33(43)44)20-27(35(2,3)4)21-40(24-36)22-28-11-6-7-12-31(46-28)29-19-26(13-14-30(29)45-34(37)38)25-10-8-9-17-39(18-15-25)23-32(41)42/h11-14,19,25,27,34H,5-10,15-18,20-24H2,1-4H3,(H,41,42)(H,43,44)/t25?,27-,36-/m1/s1. The molecule has 3 atom stereocenters. The van der Waals surface area contributed by atoms with E-state index in [0.29, 0.717) is 38.0 Å². The maximum absolute atomic E-state index is 13.6. The molecular formula is C36H52F2N2O5S. The average Bonchev–Trinajstić information content (AvgIpc) is 3.19. The van der Waals surface area contributed by atoms with Crippen LogP contribution in [-0.2, 0) is 9.59 Å². The summed E-state index contributed by atoms with van der Waals surface area (Å²) in [6.45, 7) is 9.06. The van der Waals surface area contributed by atoms with Crippen LogP contribution >= 0.6 is 11.8 Å². The first-order valence-electron chi connectivity index (χ1n) is 16.9. The molecule has 3 heterocycles. The molecule has 3 aliphatic rings. The Morgan fingerprint density at radius 1 is 1.09 bits per heavy atom. The third-order valence-electron chi connectivity index (χ3n) is 9.92. The fourth-order valence-corrected chi connectivity index (χ4v) is 8.59. The van der Waals surface area contributed by atoms with E-state index in [1.165, 1.54) is 0 Å². The Kier molecular flexibility index (Phi) is 12.8. The lowest BCUT2D eigenvalue weighted by Gasteiger charge is -2.48. The molecule has 1 unspecified atom stereocenters. The van der Waals surface area contributed by atoms with Crippen molar-refractivity contribution in [2.24, 2.45) is 16.7 Å². The van der Waals surface area contributed by atoms with Gasteiger partial charge in [-0.1, -0.05) is 70.5 Å². The van der Waals surface area contributed by atoms with Gasteiger partial charge >= 0.3 is 18.6 Å². The minimum Gasteiger partial charge on any atom is -0.481 e. The normalized spacial score (nSPS) is 25.6. The van der Waals surface area contributed by atoms with Crippen molar-refractivity contribution in [3.05, 3.63) is 46.4 Å².